The molecule has 0 aromatic heterocycles. The van der Waals surface area contributed by atoms with Crippen molar-refractivity contribution >= 4 is 0 Å². The highest BCUT2D eigenvalue weighted by molar-refractivity contribution is 5.76. The fourth-order valence-electron chi connectivity index (χ4n) is 3.37. The number of hydrogen-bond donors (Lipinski definition) is 2. The molecule has 0 saturated carbocycles. The van der Waals surface area contributed by atoms with Crippen LogP contribution < -0.4 is 0 Å². The second-order valence-corrected chi connectivity index (χ2v) is 6.15. The van der Waals surface area contributed by atoms with Crippen molar-refractivity contribution in [1.29, 1.82) is 0 Å². The van der Waals surface area contributed by atoms with Gasteiger partial charge >= 0.3 is 0 Å². The summed E-state index contributed by atoms with van der Waals surface area (Å²) in [6, 6.07) is 7.30. The Balaban J connectivity index is 2.82. The van der Waals surface area contributed by atoms with Crippen molar-refractivity contribution in [1.82, 2.24) is 0 Å². The summed E-state index contributed by atoms with van der Waals surface area (Å²) < 4.78 is 0. The van der Waals surface area contributed by atoms with Gasteiger partial charge in [-0.2, -0.15) is 0 Å². The van der Waals surface area contributed by atoms with E-state index in [0.717, 1.165) is 33.4 Å². The lowest BCUT2D eigenvalue weighted by Gasteiger charge is -2.19. The van der Waals surface area contributed by atoms with Crippen LogP contribution in [0.1, 0.15) is 22.3 Å². The van der Waals surface area contributed by atoms with Gasteiger partial charge in [0.1, 0.15) is 11.5 Å². The minimum Gasteiger partial charge on any atom is -0.508 e. The van der Waals surface area contributed by atoms with Gasteiger partial charge in [0.05, 0.1) is 0 Å². The number of benzene rings is 2. The lowest BCUT2D eigenvalue weighted by atomic mass is 9.86. The summed E-state index contributed by atoms with van der Waals surface area (Å²) in [7, 11) is 0. The lowest BCUT2D eigenvalue weighted by molar-refractivity contribution is 0.468. The summed E-state index contributed by atoms with van der Waals surface area (Å²) in [6.45, 7) is 15.3. The molecule has 2 nitrogen and oxygen atoms in total. The maximum Gasteiger partial charge on any atom is 0.119 e. The molecular weight excluding hydrogens is 320 g/mol. The molecule has 0 aliphatic carbocycles. The van der Waals surface area contributed by atoms with E-state index >= 15 is 0 Å². The van der Waals surface area contributed by atoms with E-state index in [4.69, 9.17) is 0 Å². The third kappa shape index (κ3) is 3.80. The molecule has 0 bridgehead atoms. The molecule has 0 amide bonds. The lowest BCUT2D eigenvalue weighted by Crippen LogP contribution is -2.01. The quantitative estimate of drug-likeness (QED) is 0.574. The molecule has 0 unspecified atom stereocenters. The zero-order valence-corrected chi connectivity index (χ0v) is 15.2. The van der Waals surface area contributed by atoms with Crippen molar-refractivity contribution in [2.75, 3.05) is 0 Å². The molecule has 0 saturated heterocycles. The number of allylic oxidation sites excluding steroid dienone is 4. The molecule has 0 aliphatic heterocycles. The third-order valence-corrected chi connectivity index (χ3v) is 4.50. The van der Waals surface area contributed by atoms with Gasteiger partial charge in [0, 0.05) is 11.1 Å². The summed E-state index contributed by atoms with van der Waals surface area (Å²) in [6.07, 6.45) is 9.68. The molecule has 0 aliphatic rings. The topological polar surface area (TPSA) is 40.5 Å². The van der Waals surface area contributed by atoms with Gasteiger partial charge in [0.15, 0.2) is 0 Å². The van der Waals surface area contributed by atoms with Gasteiger partial charge in [-0.25, -0.2) is 0 Å². The van der Waals surface area contributed by atoms with Crippen molar-refractivity contribution in [3.8, 4) is 22.6 Å². The largest absolute Gasteiger partial charge is 0.508 e. The zero-order valence-electron chi connectivity index (χ0n) is 15.2. The Hall–Kier alpha value is -3.00. The highest BCUT2D eigenvalue weighted by Crippen LogP contribution is 2.38. The summed E-state index contributed by atoms with van der Waals surface area (Å²) in [5, 5.41) is 20.6. The Labute approximate surface area is 156 Å². The van der Waals surface area contributed by atoms with Crippen LogP contribution in [0.5, 0.6) is 11.5 Å². The molecule has 0 radical (unpaired) electrons. The van der Waals surface area contributed by atoms with E-state index in [1.54, 1.807) is 24.3 Å². The standard InChI is InChI=1S/C24H26O2/c1-5-9-17-19(13-15-23(25)21(17)11-7-3)20-14-16-24(26)22(12-8-4)18(20)10-6-2/h5-8,13-16,25-26H,1-4,9-12H2. The molecule has 0 heterocycles. The predicted molar refractivity (Wildman–Crippen MR) is 111 cm³/mol. The third-order valence-electron chi connectivity index (χ3n) is 4.50. The summed E-state index contributed by atoms with van der Waals surface area (Å²) in [5.74, 6) is 0.529. The van der Waals surface area contributed by atoms with Gasteiger partial charge in [0.2, 0.25) is 0 Å². The maximum atomic E-state index is 10.3. The second kappa shape index (κ2) is 8.91. The Bertz CT molecular complexity index is 772. The Morgan fingerprint density at radius 2 is 0.846 bits per heavy atom. The van der Waals surface area contributed by atoms with Gasteiger partial charge in [-0.05, 0) is 60.1 Å². The van der Waals surface area contributed by atoms with E-state index in [2.05, 4.69) is 26.3 Å². The molecule has 26 heavy (non-hydrogen) atoms. The number of aromatic hydroxyl groups is 2. The summed E-state index contributed by atoms with van der Waals surface area (Å²) in [5.41, 5.74) is 5.84. The molecular formula is C24H26O2. The SMILES string of the molecule is C=CCc1c(O)ccc(-c2ccc(O)c(CC=C)c2CC=C)c1CC=C. The highest BCUT2D eigenvalue weighted by atomic mass is 16.3. The van der Waals surface area contributed by atoms with Crippen LogP contribution in [0, 0.1) is 0 Å². The van der Waals surface area contributed by atoms with Crippen LogP contribution in [0.25, 0.3) is 11.1 Å². The van der Waals surface area contributed by atoms with E-state index in [-0.39, 0.29) is 11.5 Å². The number of phenolic OH excluding ortho intramolecular Hbond substituents is 2. The van der Waals surface area contributed by atoms with Crippen LogP contribution in [-0.4, -0.2) is 10.2 Å². The fourth-order valence-corrected chi connectivity index (χ4v) is 3.37. The molecule has 2 heteroatoms. The smallest absolute Gasteiger partial charge is 0.119 e. The van der Waals surface area contributed by atoms with E-state index in [9.17, 15) is 10.2 Å². The maximum absolute atomic E-state index is 10.3. The zero-order chi connectivity index (χ0) is 19.1. The number of phenols is 2. The van der Waals surface area contributed by atoms with Crippen LogP contribution in [-0.2, 0) is 25.7 Å². The first-order valence-corrected chi connectivity index (χ1v) is 8.70. The molecule has 0 spiro atoms. The molecule has 2 aromatic carbocycles. The average molecular weight is 346 g/mol. The van der Waals surface area contributed by atoms with E-state index in [1.807, 2.05) is 24.3 Å². The second-order valence-electron chi connectivity index (χ2n) is 6.15. The summed E-state index contributed by atoms with van der Waals surface area (Å²) >= 11 is 0. The van der Waals surface area contributed by atoms with Gasteiger partial charge in [-0.1, -0.05) is 36.4 Å². The molecule has 2 aromatic rings. The Kier molecular flexibility index (Phi) is 6.62. The first-order valence-electron chi connectivity index (χ1n) is 8.70. The van der Waals surface area contributed by atoms with Crippen LogP contribution in [0.3, 0.4) is 0 Å². The van der Waals surface area contributed by atoms with E-state index < -0.39 is 0 Å². The Morgan fingerprint density at radius 3 is 1.15 bits per heavy atom. The van der Waals surface area contributed by atoms with Crippen molar-refractivity contribution < 1.29 is 10.2 Å². The van der Waals surface area contributed by atoms with Crippen molar-refractivity contribution in [3.05, 3.63) is 97.1 Å². The predicted octanol–water partition coefficient (Wildman–Crippen LogP) is 5.68. The minimum absolute atomic E-state index is 0.265. The summed E-state index contributed by atoms with van der Waals surface area (Å²) in [4.78, 5) is 0. The number of rotatable bonds is 9. The van der Waals surface area contributed by atoms with Gasteiger partial charge in [-0.15, -0.1) is 26.3 Å². The van der Waals surface area contributed by atoms with Gasteiger partial charge < -0.3 is 10.2 Å². The van der Waals surface area contributed by atoms with Crippen molar-refractivity contribution in [2.45, 2.75) is 25.7 Å². The molecule has 2 rings (SSSR count). The van der Waals surface area contributed by atoms with Gasteiger partial charge in [-0.3, -0.25) is 0 Å². The van der Waals surface area contributed by atoms with Crippen LogP contribution in [0.4, 0.5) is 0 Å². The molecule has 134 valence electrons. The van der Waals surface area contributed by atoms with E-state index in [1.165, 1.54) is 0 Å². The minimum atomic E-state index is 0.265. The molecule has 2 N–H and O–H groups in total. The van der Waals surface area contributed by atoms with Crippen LogP contribution in [0.2, 0.25) is 0 Å². The van der Waals surface area contributed by atoms with Crippen LogP contribution in [0.15, 0.2) is 74.9 Å². The van der Waals surface area contributed by atoms with Gasteiger partial charge in [0.25, 0.3) is 0 Å². The molecule has 0 atom stereocenters. The van der Waals surface area contributed by atoms with Crippen LogP contribution >= 0.6 is 0 Å². The fraction of sp³-hybridized carbons (Fsp3) is 0.167. The first-order chi connectivity index (χ1) is 12.6. The first kappa shape index (κ1) is 19.3. The average Bonchev–Trinajstić information content (AvgIpc) is 2.62. The van der Waals surface area contributed by atoms with Crippen molar-refractivity contribution in [3.63, 3.8) is 0 Å². The number of hydrogen-bond acceptors (Lipinski definition) is 2. The monoisotopic (exact) mass is 346 g/mol. The van der Waals surface area contributed by atoms with E-state index in [0.29, 0.717) is 25.7 Å². The van der Waals surface area contributed by atoms with Crippen molar-refractivity contribution in [2.24, 2.45) is 0 Å². The molecule has 0 fully saturated rings. The highest BCUT2D eigenvalue weighted by Gasteiger charge is 2.18. The Morgan fingerprint density at radius 1 is 0.538 bits per heavy atom. The normalized spacial score (nSPS) is 10.3.